The summed E-state index contributed by atoms with van der Waals surface area (Å²) in [5.74, 6) is 1.20. The molecule has 0 saturated carbocycles. The second kappa shape index (κ2) is 4.66. The van der Waals surface area contributed by atoms with Crippen molar-refractivity contribution in [2.24, 2.45) is 5.73 Å². The molecule has 5 nitrogen and oxygen atoms in total. The van der Waals surface area contributed by atoms with E-state index in [1.807, 2.05) is 0 Å². The van der Waals surface area contributed by atoms with Crippen LogP contribution in [0.3, 0.4) is 0 Å². The van der Waals surface area contributed by atoms with Gasteiger partial charge in [-0.05, 0) is 29.8 Å². The third kappa shape index (κ3) is 2.25. The van der Waals surface area contributed by atoms with E-state index >= 15 is 0 Å². The first-order valence-corrected chi connectivity index (χ1v) is 5.71. The summed E-state index contributed by atoms with van der Waals surface area (Å²) in [7, 11) is 0. The van der Waals surface area contributed by atoms with Crippen LogP contribution in [0.4, 0.5) is 4.39 Å². The van der Waals surface area contributed by atoms with E-state index in [0.717, 1.165) is 5.56 Å². The van der Waals surface area contributed by atoms with Crippen LogP contribution in [0.25, 0.3) is 11.6 Å². The number of benzene rings is 1. The average molecular weight is 258 g/mol. The number of hydrogen-bond acceptors (Lipinski definition) is 4. The topological polar surface area (TPSA) is 80.7 Å². The van der Waals surface area contributed by atoms with Crippen molar-refractivity contribution >= 4 is 0 Å². The van der Waals surface area contributed by atoms with Gasteiger partial charge in [-0.2, -0.15) is 0 Å². The van der Waals surface area contributed by atoms with Crippen molar-refractivity contribution in [2.75, 3.05) is 0 Å². The molecule has 1 aromatic carbocycles. The molecule has 0 radical (unpaired) electrons. The molecule has 3 N–H and O–H groups in total. The quantitative estimate of drug-likeness (QED) is 0.755. The van der Waals surface area contributed by atoms with E-state index in [4.69, 9.17) is 10.2 Å². The van der Waals surface area contributed by atoms with Gasteiger partial charge in [-0.1, -0.05) is 12.1 Å². The lowest BCUT2D eigenvalue weighted by Gasteiger charge is -2.07. The summed E-state index contributed by atoms with van der Waals surface area (Å²) in [6.45, 7) is 0. The van der Waals surface area contributed by atoms with E-state index in [0.29, 0.717) is 17.4 Å². The van der Waals surface area contributed by atoms with E-state index in [1.54, 1.807) is 30.5 Å². The third-order valence-electron chi connectivity index (χ3n) is 2.77. The number of rotatable bonds is 3. The second-order valence-corrected chi connectivity index (χ2v) is 4.05. The number of nitrogens with two attached hydrogens (primary N) is 1. The zero-order valence-electron chi connectivity index (χ0n) is 9.88. The van der Waals surface area contributed by atoms with Crippen LogP contribution in [0.1, 0.15) is 17.4 Å². The van der Waals surface area contributed by atoms with Crippen LogP contribution in [-0.2, 0) is 0 Å². The molecule has 3 aromatic rings. The van der Waals surface area contributed by atoms with Crippen LogP contribution in [0, 0.1) is 5.82 Å². The van der Waals surface area contributed by atoms with Gasteiger partial charge in [-0.25, -0.2) is 9.37 Å². The lowest BCUT2D eigenvalue weighted by molar-refractivity contribution is 0.577. The van der Waals surface area contributed by atoms with Gasteiger partial charge in [0.2, 0.25) is 5.82 Å². The molecule has 0 aliphatic heterocycles. The van der Waals surface area contributed by atoms with Crippen molar-refractivity contribution in [1.29, 1.82) is 0 Å². The van der Waals surface area contributed by atoms with Crippen LogP contribution in [0.5, 0.6) is 0 Å². The van der Waals surface area contributed by atoms with Gasteiger partial charge >= 0.3 is 0 Å². The van der Waals surface area contributed by atoms with Gasteiger partial charge in [0, 0.05) is 0 Å². The number of H-pyrrole nitrogens is 1. The first-order valence-electron chi connectivity index (χ1n) is 5.71. The molecule has 96 valence electrons. The maximum absolute atomic E-state index is 12.9. The molecule has 0 fully saturated rings. The number of nitrogens with one attached hydrogen (secondary N) is 1. The van der Waals surface area contributed by atoms with Gasteiger partial charge in [-0.3, -0.25) is 5.10 Å². The molecule has 0 amide bonds. The Morgan fingerprint density at radius 1 is 1.21 bits per heavy atom. The Morgan fingerprint density at radius 3 is 2.68 bits per heavy atom. The Morgan fingerprint density at radius 2 is 2.00 bits per heavy atom. The number of aromatic amines is 1. The molecular weight excluding hydrogens is 247 g/mol. The SMILES string of the molecule is NC(c1ccc(F)cc1)c1nc(-c2ccco2)n[nH]1. The fraction of sp³-hybridized carbons (Fsp3) is 0.0769. The maximum atomic E-state index is 12.9. The summed E-state index contributed by atoms with van der Waals surface area (Å²) in [6, 6.07) is 8.99. The van der Waals surface area contributed by atoms with Crippen LogP contribution in [0.2, 0.25) is 0 Å². The summed E-state index contributed by atoms with van der Waals surface area (Å²) in [4.78, 5) is 4.27. The zero-order chi connectivity index (χ0) is 13.2. The molecule has 6 heteroatoms. The highest BCUT2D eigenvalue weighted by molar-refractivity contribution is 5.45. The summed E-state index contributed by atoms with van der Waals surface area (Å²) in [5.41, 5.74) is 6.80. The van der Waals surface area contributed by atoms with Crippen LogP contribution in [-0.4, -0.2) is 15.2 Å². The molecular formula is C13H11FN4O. The van der Waals surface area contributed by atoms with E-state index in [2.05, 4.69) is 15.2 Å². The first kappa shape index (κ1) is 11.6. The minimum absolute atomic E-state index is 0.301. The normalized spacial score (nSPS) is 12.5. The van der Waals surface area contributed by atoms with Crippen molar-refractivity contribution in [3.63, 3.8) is 0 Å². The van der Waals surface area contributed by atoms with Crippen molar-refractivity contribution < 1.29 is 8.81 Å². The molecule has 0 bridgehead atoms. The van der Waals surface area contributed by atoms with E-state index in [-0.39, 0.29) is 5.82 Å². The van der Waals surface area contributed by atoms with Crippen molar-refractivity contribution in [3.05, 3.63) is 59.9 Å². The Labute approximate surface area is 108 Å². The van der Waals surface area contributed by atoms with E-state index < -0.39 is 6.04 Å². The Hall–Kier alpha value is -2.47. The minimum atomic E-state index is -0.489. The molecule has 19 heavy (non-hydrogen) atoms. The van der Waals surface area contributed by atoms with Gasteiger partial charge in [0.05, 0.1) is 12.3 Å². The fourth-order valence-electron chi connectivity index (χ4n) is 1.76. The minimum Gasteiger partial charge on any atom is -0.461 e. The largest absolute Gasteiger partial charge is 0.461 e. The standard InChI is InChI=1S/C13H11FN4O/c14-9-5-3-8(4-6-9)11(15)13-16-12(17-18-13)10-2-1-7-19-10/h1-7,11H,15H2,(H,16,17,18). The number of nitrogens with zero attached hydrogens (tertiary/aromatic N) is 2. The highest BCUT2D eigenvalue weighted by Gasteiger charge is 2.15. The van der Waals surface area contributed by atoms with Gasteiger partial charge in [0.15, 0.2) is 5.76 Å². The Kier molecular flexibility index (Phi) is 2.85. The first-order chi connectivity index (χ1) is 9.24. The molecule has 0 saturated heterocycles. The number of hydrogen-bond donors (Lipinski definition) is 2. The van der Waals surface area contributed by atoms with Crippen molar-refractivity contribution in [3.8, 4) is 11.6 Å². The fourth-order valence-corrected chi connectivity index (χ4v) is 1.76. The molecule has 2 aromatic heterocycles. The monoisotopic (exact) mass is 258 g/mol. The molecule has 0 aliphatic carbocycles. The third-order valence-corrected chi connectivity index (χ3v) is 2.77. The predicted molar refractivity (Wildman–Crippen MR) is 66.5 cm³/mol. The maximum Gasteiger partial charge on any atom is 0.216 e. The summed E-state index contributed by atoms with van der Waals surface area (Å²) in [5, 5.41) is 6.81. The summed E-state index contributed by atoms with van der Waals surface area (Å²) >= 11 is 0. The van der Waals surface area contributed by atoms with Crippen LogP contribution >= 0.6 is 0 Å². The summed E-state index contributed by atoms with van der Waals surface area (Å²) < 4.78 is 18.1. The molecule has 1 atom stereocenters. The Bertz CT molecular complexity index is 660. The predicted octanol–water partition coefficient (Wildman–Crippen LogP) is 2.25. The summed E-state index contributed by atoms with van der Waals surface area (Å²) in [6.07, 6.45) is 1.55. The van der Waals surface area contributed by atoms with Crippen LogP contribution in [0.15, 0.2) is 47.1 Å². The number of furan rings is 1. The molecule has 0 aliphatic rings. The number of aromatic nitrogens is 3. The zero-order valence-corrected chi connectivity index (χ0v) is 9.88. The van der Waals surface area contributed by atoms with Crippen molar-refractivity contribution in [1.82, 2.24) is 15.2 Å². The van der Waals surface area contributed by atoms with Crippen molar-refractivity contribution in [2.45, 2.75) is 6.04 Å². The van der Waals surface area contributed by atoms with Gasteiger partial charge < -0.3 is 10.2 Å². The lowest BCUT2D eigenvalue weighted by atomic mass is 10.1. The highest BCUT2D eigenvalue weighted by atomic mass is 19.1. The smallest absolute Gasteiger partial charge is 0.216 e. The highest BCUT2D eigenvalue weighted by Crippen LogP contribution is 2.20. The molecule has 2 heterocycles. The van der Waals surface area contributed by atoms with Crippen LogP contribution < -0.4 is 5.73 Å². The van der Waals surface area contributed by atoms with Gasteiger partial charge in [0.1, 0.15) is 11.6 Å². The number of halogens is 1. The molecule has 3 rings (SSSR count). The van der Waals surface area contributed by atoms with Gasteiger partial charge in [-0.15, -0.1) is 5.10 Å². The van der Waals surface area contributed by atoms with E-state index in [1.165, 1.54) is 12.1 Å². The Balaban J connectivity index is 1.88. The average Bonchev–Trinajstić information content (AvgIpc) is 3.10. The molecule has 0 spiro atoms. The van der Waals surface area contributed by atoms with Gasteiger partial charge in [0.25, 0.3) is 0 Å². The molecule has 1 unspecified atom stereocenters. The van der Waals surface area contributed by atoms with E-state index in [9.17, 15) is 4.39 Å². The second-order valence-electron chi connectivity index (χ2n) is 4.05. The lowest BCUT2D eigenvalue weighted by Crippen LogP contribution is -2.13.